The summed E-state index contributed by atoms with van der Waals surface area (Å²) in [6.45, 7) is -0.107. The minimum atomic E-state index is -0.644. The zero-order valence-electron chi connectivity index (χ0n) is 15.0. The summed E-state index contributed by atoms with van der Waals surface area (Å²) in [6, 6.07) is 9.65. The van der Waals surface area contributed by atoms with Crippen molar-refractivity contribution in [1.29, 1.82) is 0 Å². The highest BCUT2D eigenvalue weighted by Gasteiger charge is 2.35. The molecule has 1 fully saturated rings. The van der Waals surface area contributed by atoms with E-state index in [1.165, 1.54) is 24.3 Å². The molecule has 8 nitrogen and oxygen atoms in total. The van der Waals surface area contributed by atoms with E-state index in [0.29, 0.717) is 17.0 Å². The molecular formula is C19H15Cl2N3O5. The van der Waals surface area contributed by atoms with Crippen molar-refractivity contribution in [3.05, 3.63) is 73.8 Å². The van der Waals surface area contributed by atoms with E-state index in [4.69, 9.17) is 23.2 Å². The minimum absolute atomic E-state index is 0.0989. The lowest BCUT2D eigenvalue weighted by atomic mass is 10.1. The number of benzene rings is 2. The van der Waals surface area contributed by atoms with Crippen molar-refractivity contribution >= 4 is 46.6 Å². The molecule has 0 aliphatic carbocycles. The van der Waals surface area contributed by atoms with Crippen molar-refractivity contribution in [3.8, 4) is 0 Å². The first-order valence-electron chi connectivity index (χ1n) is 8.64. The molecular weight excluding hydrogens is 421 g/mol. The van der Waals surface area contributed by atoms with E-state index in [2.05, 4.69) is 0 Å². The number of non-ortho nitro benzene ring substituents is 1. The molecule has 1 heterocycles. The third-order valence-electron chi connectivity index (χ3n) is 4.37. The summed E-state index contributed by atoms with van der Waals surface area (Å²) in [5, 5.41) is 13.3. The van der Waals surface area contributed by atoms with Gasteiger partial charge in [0.1, 0.15) is 0 Å². The number of hydrazine groups is 1. The highest BCUT2D eigenvalue weighted by Crippen LogP contribution is 2.26. The highest BCUT2D eigenvalue weighted by molar-refractivity contribution is 6.42. The fraction of sp³-hybridized carbons (Fsp3) is 0.211. The number of hydrogen-bond acceptors (Lipinski definition) is 5. The van der Waals surface area contributed by atoms with E-state index >= 15 is 0 Å². The van der Waals surface area contributed by atoms with Gasteiger partial charge in [0.05, 0.1) is 21.5 Å². The first-order chi connectivity index (χ1) is 13.8. The Hall–Kier alpha value is -2.97. The first kappa shape index (κ1) is 20.8. The molecule has 3 amide bonds. The highest BCUT2D eigenvalue weighted by atomic mass is 35.5. The van der Waals surface area contributed by atoms with Gasteiger partial charge in [-0.25, -0.2) is 5.01 Å². The Morgan fingerprint density at radius 3 is 2.21 bits per heavy atom. The molecule has 0 aromatic heterocycles. The molecule has 1 aliphatic heterocycles. The molecule has 10 heteroatoms. The van der Waals surface area contributed by atoms with Crippen molar-refractivity contribution in [1.82, 2.24) is 10.0 Å². The molecule has 0 saturated carbocycles. The third-order valence-corrected chi connectivity index (χ3v) is 5.11. The molecule has 150 valence electrons. The number of rotatable bonds is 5. The molecule has 3 rings (SSSR count). The molecule has 2 aromatic carbocycles. The lowest BCUT2D eigenvalue weighted by molar-refractivity contribution is -0.384. The molecule has 0 unspecified atom stereocenters. The Labute approximate surface area is 175 Å². The number of imide groups is 1. The van der Waals surface area contributed by atoms with Gasteiger partial charge in [0, 0.05) is 30.5 Å². The Morgan fingerprint density at radius 1 is 1.03 bits per heavy atom. The maximum atomic E-state index is 13.1. The van der Waals surface area contributed by atoms with Crippen LogP contribution in [-0.2, 0) is 16.1 Å². The number of nitrogens with zero attached hydrogens (tertiary/aromatic N) is 3. The van der Waals surface area contributed by atoms with Crippen LogP contribution in [0.3, 0.4) is 0 Å². The van der Waals surface area contributed by atoms with E-state index in [-0.39, 0.29) is 35.7 Å². The fourth-order valence-electron chi connectivity index (χ4n) is 2.93. The van der Waals surface area contributed by atoms with Gasteiger partial charge in [0.25, 0.3) is 11.6 Å². The zero-order valence-corrected chi connectivity index (χ0v) is 16.5. The van der Waals surface area contributed by atoms with Gasteiger partial charge in [-0.3, -0.25) is 24.5 Å². The SMILES string of the molecule is O=C(c1ccc([N+](=O)[O-])cc1)N(Cc1ccc(Cl)c(Cl)c1)N1C(=O)CCCC1=O. The summed E-state index contributed by atoms with van der Waals surface area (Å²) in [5.41, 5.74) is 0.477. The molecule has 1 saturated heterocycles. The lowest BCUT2D eigenvalue weighted by Crippen LogP contribution is -2.54. The standard InChI is InChI=1S/C19H15Cl2N3O5/c20-15-9-4-12(10-16(15)21)11-22(23-17(25)2-1-3-18(23)26)19(27)13-5-7-14(8-6-13)24(28)29/h4-10H,1-3,11H2. The van der Waals surface area contributed by atoms with Crippen LogP contribution in [0, 0.1) is 10.1 Å². The van der Waals surface area contributed by atoms with Crippen LogP contribution in [0.2, 0.25) is 10.0 Å². The van der Waals surface area contributed by atoms with Crippen LogP contribution in [0.1, 0.15) is 35.2 Å². The molecule has 29 heavy (non-hydrogen) atoms. The van der Waals surface area contributed by atoms with Crippen molar-refractivity contribution in [2.75, 3.05) is 0 Å². The molecule has 0 atom stereocenters. The monoisotopic (exact) mass is 435 g/mol. The average molecular weight is 436 g/mol. The van der Waals surface area contributed by atoms with Crippen LogP contribution in [-0.4, -0.2) is 32.7 Å². The normalized spacial score (nSPS) is 14.1. The number of piperidine rings is 1. The average Bonchev–Trinajstić information content (AvgIpc) is 2.69. The largest absolute Gasteiger partial charge is 0.273 e. The molecule has 0 spiro atoms. The minimum Gasteiger partial charge on any atom is -0.273 e. The Morgan fingerprint density at radius 2 is 1.66 bits per heavy atom. The quantitative estimate of drug-likeness (QED) is 0.401. The fourth-order valence-corrected chi connectivity index (χ4v) is 3.25. The van der Waals surface area contributed by atoms with Crippen LogP contribution >= 0.6 is 23.2 Å². The first-order valence-corrected chi connectivity index (χ1v) is 9.39. The second kappa shape index (κ2) is 8.59. The van der Waals surface area contributed by atoms with Crippen molar-refractivity contribution in [2.24, 2.45) is 0 Å². The molecule has 0 N–H and O–H groups in total. The van der Waals surface area contributed by atoms with Gasteiger partial charge in [0.15, 0.2) is 0 Å². The van der Waals surface area contributed by atoms with E-state index in [9.17, 15) is 24.5 Å². The van der Waals surface area contributed by atoms with Crippen molar-refractivity contribution in [2.45, 2.75) is 25.8 Å². The number of nitro benzene ring substituents is 1. The topological polar surface area (TPSA) is 101 Å². The van der Waals surface area contributed by atoms with Gasteiger partial charge >= 0.3 is 0 Å². The maximum absolute atomic E-state index is 13.1. The summed E-state index contributed by atoms with van der Waals surface area (Å²) >= 11 is 12.0. The molecule has 2 aromatic rings. The number of carbonyl (C=O) groups is 3. The summed E-state index contributed by atoms with van der Waals surface area (Å²) < 4.78 is 0. The van der Waals surface area contributed by atoms with Gasteiger partial charge in [-0.1, -0.05) is 29.3 Å². The van der Waals surface area contributed by atoms with Crippen LogP contribution < -0.4 is 0 Å². The summed E-state index contributed by atoms with van der Waals surface area (Å²) in [4.78, 5) is 48.2. The Bertz CT molecular complexity index is 978. The van der Waals surface area contributed by atoms with E-state index in [1.54, 1.807) is 18.2 Å². The second-order valence-corrected chi connectivity index (χ2v) is 7.18. The van der Waals surface area contributed by atoms with Gasteiger partial charge < -0.3 is 0 Å². The lowest BCUT2D eigenvalue weighted by Gasteiger charge is -2.35. The number of nitro groups is 1. The van der Waals surface area contributed by atoms with Crippen molar-refractivity contribution < 1.29 is 19.3 Å². The smallest absolute Gasteiger partial charge is 0.273 e. The van der Waals surface area contributed by atoms with Gasteiger partial charge in [-0.15, -0.1) is 0 Å². The van der Waals surface area contributed by atoms with Crippen LogP contribution in [0.5, 0.6) is 0 Å². The van der Waals surface area contributed by atoms with E-state index in [0.717, 1.165) is 10.0 Å². The molecule has 0 bridgehead atoms. The van der Waals surface area contributed by atoms with Crippen molar-refractivity contribution in [3.63, 3.8) is 0 Å². The predicted molar refractivity (Wildman–Crippen MR) is 105 cm³/mol. The van der Waals surface area contributed by atoms with Crippen LogP contribution in [0.15, 0.2) is 42.5 Å². The second-order valence-electron chi connectivity index (χ2n) is 6.37. The van der Waals surface area contributed by atoms with Gasteiger partial charge in [0.2, 0.25) is 11.8 Å². The third kappa shape index (κ3) is 4.55. The van der Waals surface area contributed by atoms with Gasteiger partial charge in [-0.2, -0.15) is 5.01 Å². The number of halogens is 2. The summed E-state index contributed by atoms with van der Waals surface area (Å²) in [7, 11) is 0. The zero-order chi connectivity index (χ0) is 21.1. The molecule has 0 radical (unpaired) electrons. The Kier molecular flexibility index (Phi) is 6.14. The maximum Gasteiger partial charge on any atom is 0.273 e. The molecule has 1 aliphatic rings. The van der Waals surface area contributed by atoms with Crippen LogP contribution in [0.25, 0.3) is 0 Å². The van der Waals surface area contributed by atoms with E-state index < -0.39 is 22.6 Å². The Balaban J connectivity index is 1.97. The number of amides is 3. The summed E-state index contributed by atoms with van der Waals surface area (Å²) in [5.74, 6) is -1.62. The number of hydrogen-bond donors (Lipinski definition) is 0. The summed E-state index contributed by atoms with van der Waals surface area (Å²) in [6.07, 6.45) is 0.689. The van der Waals surface area contributed by atoms with Gasteiger partial charge in [-0.05, 0) is 36.2 Å². The number of carbonyl (C=O) groups excluding carboxylic acids is 3. The van der Waals surface area contributed by atoms with E-state index in [1.807, 2.05) is 0 Å². The predicted octanol–water partition coefficient (Wildman–Crippen LogP) is 4.00. The van der Waals surface area contributed by atoms with Crippen LogP contribution in [0.4, 0.5) is 5.69 Å².